The van der Waals surface area contributed by atoms with Gasteiger partial charge in [-0.15, -0.1) is 0 Å². The topological polar surface area (TPSA) is 64.7 Å². The first kappa shape index (κ1) is 23.9. The van der Waals surface area contributed by atoms with E-state index in [2.05, 4.69) is 20.4 Å². The Kier molecular flexibility index (Phi) is 8.76. The van der Waals surface area contributed by atoms with E-state index in [1.54, 1.807) is 12.1 Å². The quantitative estimate of drug-likeness (QED) is 0.629. The van der Waals surface area contributed by atoms with Gasteiger partial charge in [0.25, 0.3) is 0 Å². The summed E-state index contributed by atoms with van der Waals surface area (Å²) in [4.78, 5) is 29.1. The number of halogens is 1. The van der Waals surface area contributed by atoms with Crippen LogP contribution in [-0.4, -0.2) is 60.9 Å². The number of carbonyl (C=O) groups is 2. The number of amides is 2. The van der Waals surface area contributed by atoms with Crippen molar-refractivity contribution >= 4 is 11.8 Å². The highest BCUT2D eigenvalue weighted by molar-refractivity contribution is 5.79. The Morgan fingerprint density at radius 1 is 0.875 bits per heavy atom. The molecule has 0 radical (unpaired) electrons. The van der Waals surface area contributed by atoms with Crippen LogP contribution in [0.2, 0.25) is 0 Å². The molecule has 0 saturated carbocycles. The molecule has 0 aromatic heterocycles. The van der Waals surface area contributed by atoms with Crippen LogP contribution in [0.15, 0.2) is 54.6 Å². The van der Waals surface area contributed by atoms with Crippen LogP contribution in [0.25, 0.3) is 0 Å². The molecular formula is C25H33FN4O2. The fourth-order valence-corrected chi connectivity index (χ4v) is 3.89. The molecule has 2 N–H and O–H groups in total. The Bertz CT molecular complexity index is 865. The largest absolute Gasteiger partial charge is 0.351 e. The van der Waals surface area contributed by atoms with E-state index in [0.717, 1.165) is 37.3 Å². The molecule has 7 heteroatoms. The Balaban J connectivity index is 1.39. The van der Waals surface area contributed by atoms with Crippen LogP contribution < -0.4 is 10.6 Å². The van der Waals surface area contributed by atoms with Gasteiger partial charge >= 0.3 is 0 Å². The summed E-state index contributed by atoms with van der Waals surface area (Å²) in [5, 5.41) is 6.05. The molecule has 1 aliphatic heterocycles. The van der Waals surface area contributed by atoms with Crippen molar-refractivity contribution in [3.8, 4) is 0 Å². The number of nitrogens with zero attached hydrogens (tertiary/aromatic N) is 2. The van der Waals surface area contributed by atoms with Crippen molar-refractivity contribution in [3.05, 3.63) is 71.5 Å². The maximum Gasteiger partial charge on any atom is 0.234 e. The van der Waals surface area contributed by atoms with Gasteiger partial charge in [0.2, 0.25) is 11.8 Å². The lowest BCUT2D eigenvalue weighted by atomic mass is 9.96. The molecular weight excluding hydrogens is 407 g/mol. The molecule has 3 rings (SSSR count). The van der Waals surface area contributed by atoms with Crippen molar-refractivity contribution < 1.29 is 14.0 Å². The van der Waals surface area contributed by atoms with Gasteiger partial charge in [0, 0.05) is 32.7 Å². The fourth-order valence-electron chi connectivity index (χ4n) is 3.89. The first-order chi connectivity index (χ1) is 15.4. The van der Waals surface area contributed by atoms with Crippen LogP contribution in [0, 0.1) is 11.7 Å². The molecule has 1 unspecified atom stereocenters. The summed E-state index contributed by atoms with van der Waals surface area (Å²) < 4.78 is 13.2. The molecule has 1 aliphatic rings. The predicted octanol–water partition coefficient (Wildman–Crippen LogP) is 2.57. The van der Waals surface area contributed by atoms with Gasteiger partial charge in [0.1, 0.15) is 5.82 Å². The molecule has 1 atom stereocenters. The predicted molar refractivity (Wildman–Crippen MR) is 123 cm³/mol. The summed E-state index contributed by atoms with van der Waals surface area (Å²) >= 11 is 0. The van der Waals surface area contributed by atoms with Gasteiger partial charge in [-0.25, -0.2) is 4.39 Å². The van der Waals surface area contributed by atoms with E-state index in [-0.39, 0.29) is 29.6 Å². The minimum atomic E-state index is -0.283. The number of benzene rings is 2. The first-order valence-electron chi connectivity index (χ1n) is 11.2. The van der Waals surface area contributed by atoms with Crippen molar-refractivity contribution in [3.63, 3.8) is 0 Å². The summed E-state index contributed by atoms with van der Waals surface area (Å²) in [6, 6.07) is 16.0. The van der Waals surface area contributed by atoms with Crippen LogP contribution in [-0.2, 0) is 16.1 Å². The molecule has 0 spiro atoms. The number of hydrogen-bond acceptors (Lipinski definition) is 4. The lowest BCUT2D eigenvalue weighted by Gasteiger charge is -2.34. The second kappa shape index (κ2) is 11.7. The van der Waals surface area contributed by atoms with E-state index in [0.29, 0.717) is 19.6 Å². The van der Waals surface area contributed by atoms with E-state index in [4.69, 9.17) is 0 Å². The Morgan fingerprint density at radius 3 is 2.00 bits per heavy atom. The summed E-state index contributed by atoms with van der Waals surface area (Å²) in [5.74, 6) is -0.119. The molecule has 32 heavy (non-hydrogen) atoms. The molecule has 1 heterocycles. The standard InChI is InChI=1S/C25H33FN4O2/c1-19(2)25(21-8-10-22(26)11-9-21)28-24(32)18-30-14-12-29(13-15-30)17-23(31)27-16-20-6-4-3-5-7-20/h3-11,19,25H,12-18H2,1-2H3,(H,27,31)(H,28,32). The minimum absolute atomic E-state index is 0.0131. The maximum atomic E-state index is 13.2. The van der Waals surface area contributed by atoms with Gasteiger partial charge < -0.3 is 10.6 Å². The van der Waals surface area contributed by atoms with Crippen molar-refractivity contribution in [1.82, 2.24) is 20.4 Å². The van der Waals surface area contributed by atoms with E-state index < -0.39 is 0 Å². The number of carbonyl (C=O) groups excluding carboxylic acids is 2. The van der Waals surface area contributed by atoms with Crippen molar-refractivity contribution in [2.24, 2.45) is 5.92 Å². The molecule has 0 bridgehead atoms. The highest BCUT2D eigenvalue weighted by Crippen LogP contribution is 2.22. The second-order valence-electron chi connectivity index (χ2n) is 8.66. The van der Waals surface area contributed by atoms with Crippen molar-refractivity contribution in [2.45, 2.75) is 26.4 Å². The summed E-state index contributed by atoms with van der Waals surface area (Å²) in [7, 11) is 0. The van der Waals surface area contributed by atoms with Gasteiger partial charge in [-0.1, -0.05) is 56.3 Å². The number of hydrogen-bond donors (Lipinski definition) is 2. The number of piperazine rings is 1. The van der Waals surface area contributed by atoms with Crippen LogP contribution in [0.4, 0.5) is 4.39 Å². The smallest absolute Gasteiger partial charge is 0.234 e. The average molecular weight is 441 g/mol. The van der Waals surface area contributed by atoms with Crippen LogP contribution in [0.3, 0.4) is 0 Å². The van der Waals surface area contributed by atoms with E-state index in [1.165, 1.54) is 12.1 Å². The maximum absolute atomic E-state index is 13.2. The molecule has 0 aliphatic carbocycles. The van der Waals surface area contributed by atoms with Gasteiger partial charge in [0.15, 0.2) is 0 Å². The summed E-state index contributed by atoms with van der Waals surface area (Å²) in [5.41, 5.74) is 1.98. The van der Waals surface area contributed by atoms with Crippen LogP contribution in [0.5, 0.6) is 0 Å². The van der Waals surface area contributed by atoms with Crippen molar-refractivity contribution in [2.75, 3.05) is 39.3 Å². The summed E-state index contributed by atoms with van der Waals surface area (Å²) in [6.07, 6.45) is 0. The van der Waals surface area contributed by atoms with Gasteiger partial charge in [-0.2, -0.15) is 0 Å². The monoisotopic (exact) mass is 440 g/mol. The van der Waals surface area contributed by atoms with E-state index in [1.807, 2.05) is 44.2 Å². The zero-order valence-electron chi connectivity index (χ0n) is 18.9. The van der Waals surface area contributed by atoms with Crippen LogP contribution >= 0.6 is 0 Å². The number of nitrogens with one attached hydrogen (secondary N) is 2. The Morgan fingerprint density at radius 2 is 1.44 bits per heavy atom. The Hall–Kier alpha value is -2.77. The summed E-state index contributed by atoms with van der Waals surface area (Å²) in [6.45, 7) is 8.27. The van der Waals surface area contributed by atoms with Crippen molar-refractivity contribution in [1.29, 1.82) is 0 Å². The third-order valence-electron chi connectivity index (χ3n) is 5.74. The second-order valence-corrected chi connectivity index (χ2v) is 8.66. The third-order valence-corrected chi connectivity index (χ3v) is 5.74. The SMILES string of the molecule is CC(C)C(NC(=O)CN1CCN(CC(=O)NCc2ccccc2)CC1)c1ccc(F)cc1. The normalized spacial score (nSPS) is 16.0. The average Bonchev–Trinajstić information content (AvgIpc) is 2.79. The van der Waals surface area contributed by atoms with Gasteiger partial charge in [-0.3, -0.25) is 19.4 Å². The van der Waals surface area contributed by atoms with E-state index >= 15 is 0 Å². The molecule has 172 valence electrons. The molecule has 1 fully saturated rings. The first-order valence-corrected chi connectivity index (χ1v) is 11.2. The van der Waals surface area contributed by atoms with Gasteiger partial charge in [-0.05, 0) is 29.2 Å². The Labute approximate surface area is 189 Å². The highest BCUT2D eigenvalue weighted by atomic mass is 19.1. The van der Waals surface area contributed by atoms with Gasteiger partial charge in [0.05, 0.1) is 19.1 Å². The number of rotatable bonds is 9. The van der Waals surface area contributed by atoms with Crippen LogP contribution in [0.1, 0.15) is 31.0 Å². The zero-order valence-corrected chi connectivity index (χ0v) is 18.9. The zero-order chi connectivity index (χ0) is 22.9. The molecule has 1 saturated heterocycles. The molecule has 6 nitrogen and oxygen atoms in total. The molecule has 2 amide bonds. The third kappa shape index (κ3) is 7.43. The molecule has 2 aromatic carbocycles. The van der Waals surface area contributed by atoms with E-state index in [9.17, 15) is 14.0 Å². The lowest BCUT2D eigenvalue weighted by Crippen LogP contribution is -2.51. The lowest BCUT2D eigenvalue weighted by molar-refractivity contribution is -0.125. The highest BCUT2D eigenvalue weighted by Gasteiger charge is 2.23. The molecule has 2 aromatic rings. The minimum Gasteiger partial charge on any atom is -0.351 e. The fraction of sp³-hybridized carbons (Fsp3) is 0.440.